The van der Waals surface area contributed by atoms with Gasteiger partial charge in [-0.1, -0.05) is 26.0 Å². The first-order valence-electron chi connectivity index (χ1n) is 6.46. The monoisotopic (exact) mass is 263 g/mol. The Balaban J connectivity index is 2.09. The number of rotatable bonds is 6. The molecule has 0 fully saturated rings. The molecule has 0 aliphatic heterocycles. The summed E-state index contributed by atoms with van der Waals surface area (Å²) in [6, 6.07) is 8.31. The average molecular weight is 263 g/mol. The van der Waals surface area contributed by atoms with Gasteiger partial charge in [-0.15, -0.1) is 11.3 Å². The van der Waals surface area contributed by atoms with Gasteiger partial charge >= 0.3 is 0 Å². The number of hydrogen-bond acceptors (Lipinski definition) is 4. The minimum absolute atomic E-state index is 0.658. The lowest BCUT2D eigenvalue weighted by Crippen LogP contribution is -2.32. The molecule has 0 saturated heterocycles. The van der Waals surface area contributed by atoms with Crippen LogP contribution < -0.4 is 5.73 Å². The molecule has 0 atom stereocenters. The molecule has 2 aromatic rings. The van der Waals surface area contributed by atoms with E-state index in [1.165, 1.54) is 9.71 Å². The zero-order valence-corrected chi connectivity index (χ0v) is 11.9. The van der Waals surface area contributed by atoms with E-state index >= 15 is 0 Å². The number of aromatic nitrogens is 1. The van der Waals surface area contributed by atoms with Crippen molar-refractivity contribution < 1.29 is 0 Å². The van der Waals surface area contributed by atoms with Crippen LogP contribution in [0.2, 0.25) is 0 Å². The van der Waals surface area contributed by atoms with Crippen molar-refractivity contribution in [2.24, 2.45) is 11.7 Å². The molecule has 0 saturated carbocycles. The van der Waals surface area contributed by atoms with E-state index in [1.807, 2.05) is 6.07 Å². The Kier molecular flexibility index (Phi) is 4.69. The highest BCUT2D eigenvalue weighted by Crippen LogP contribution is 2.22. The number of fused-ring (bicyclic) bond motifs is 1. The summed E-state index contributed by atoms with van der Waals surface area (Å²) >= 11 is 1.78. The Morgan fingerprint density at radius 2 is 2.11 bits per heavy atom. The first-order chi connectivity index (χ1) is 8.69. The van der Waals surface area contributed by atoms with Crippen molar-refractivity contribution in [1.29, 1.82) is 0 Å². The van der Waals surface area contributed by atoms with Crippen LogP contribution in [0.5, 0.6) is 0 Å². The lowest BCUT2D eigenvalue weighted by molar-refractivity contribution is 0.242. The smallest absolute Gasteiger partial charge is 0.108 e. The summed E-state index contributed by atoms with van der Waals surface area (Å²) in [6.07, 6.45) is 0. The van der Waals surface area contributed by atoms with E-state index in [4.69, 9.17) is 5.73 Å². The summed E-state index contributed by atoms with van der Waals surface area (Å²) in [4.78, 5) is 7.07. The highest BCUT2D eigenvalue weighted by atomic mass is 32.1. The molecular weight excluding hydrogens is 242 g/mol. The normalized spacial score (nSPS) is 11.8. The second-order valence-electron chi connectivity index (χ2n) is 4.99. The molecule has 98 valence electrons. The molecule has 18 heavy (non-hydrogen) atoms. The zero-order chi connectivity index (χ0) is 13.0. The van der Waals surface area contributed by atoms with E-state index in [0.717, 1.165) is 25.2 Å². The van der Waals surface area contributed by atoms with Crippen molar-refractivity contribution in [3.8, 4) is 0 Å². The molecule has 0 unspecified atom stereocenters. The standard InChI is InChI=1S/C14H21N3S/c1-11(2)9-17(8-7-15)10-14-16-12-5-3-4-6-13(12)18-14/h3-6,11H,7-10,15H2,1-2H3. The summed E-state index contributed by atoms with van der Waals surface area (Å²) in [5.74, 6) is 0.658. The lowest BCUT2D eigenvalue weighted by Gasteiger charge is -2.22. The number of para-hydroxylation sites is 1. The molecule has 1 aromatic carbocycles. The fourth-order valence-electron chi connectivity index (χ4n) is 2.11. The minimum Gasteiger partial charge on any atom is -0.329 e. The van der Waals surface area contributed by atoms with Crippen LogP contribution in [-0.4, -0.2) is 29.5 Å². The minimum atomic E-state index is 0.658. The molecular formula is C14H21N3S. The van der Waals surface area contributed by atoms with E-state index in [-0.39, 0.29) is 0 Å². The Morgan fingerprint density at radius 3 is 2.78 bits per heavy atom. The molecule has 2 N–H and O–H groups in total. The second kappa shape index (κ2) is 6.27. The maximum atomic E-state index is 5.68. The maximum absolute atomic E-state index is 5.68. The molecule has 4 heteroatoms. The summed E-state index contributed by atoms with van der Waals surface area (Å²) < 4.78 is 1.27. The van der Waals surface area contributed by atoms with Crippen LogP contribution in [0.15, 0.2) is 24.3 Å². The van der Waals surface area contributed by atoms with Crippen molar-refractivity contribution in [3.05, 3.63) is 29.3 Å². The summed E-state index contributed by atoms with van der Waals surface area (Å²) in [5.41, 5.74) is 6.78. The number of hydrogen-bond donors (Lipinski definition) is 1. The van der Waals surface area contributed by atoms with E-state index in [0.29, 0.717) is 12.5 Å². The number of nitrogens with two attached hydrogens (primary N) is 1. The van der Waals surface area contributed by atoms with E-state index in [2.05, 4.69) is 41.9 Å². The van der Waals surface area contributed by atoms with Crippen molar-refractivity contribution >= 4 is 21.6 Å². The molecule has 0 aliphatic rings. The van der Waals surface area contributed by atoms with Crippen molar-refractivity contribution in [2.45, 2.75) is 20.4 Å². The first-order valence-corrected chi connectivity index (χ1v) is 7.27. The van der Waals surface area contributed by atoms with E-state index in [1.54, 1.807) is 11.3 Å². The summed E-state index contributed by atoms with van der Waals surface area (Å²) in [6.45, 7) is 8.11. The third kappa shape index (κ3) is 3.51. The maximum Gasteiger partial charge on any atom is 0.108 e. The van der Waals surface area contributed by atoms with Gasteiger partial charge in [0.25, 0.3) is 0 Å². The molecule has 0 aliphatic carbocycles. The number of benzene rings is 1. The topological polar surface area (TPSA) is 42.1 Å². The molecule has 0 amide bonds. The zero-order valence-electron chi connectivity index (χ0n) is 11.1. The van der Waals surface area contributed by atoms with Crippen molar-refractivity contribution in [1.82, 2.24) is 9.88 Å². The SMILES string of the molecule is CC(C)CN(CCN)Cc1nc2ccccc2s1. The molecule has 0 bridgehead atoms. The number of nitrogens with zero attached hydrogens (tertiary/aromatic N) is 2. The Bertz CT molecular complexity index is 459. The van der Waals surface area contributed by atoms with Crippen LogP contribution in [0.3, 0.4) is 0 Å². The Morgan fingerprint density at radius 1 is 1.33 bits per heavy atom. The fraction of sp³-hybridized carbons (Fsp3) is 0.500. The van der Waals surface area contributed by atoms with E-state index in [9.17, 15) is 0 Å². The third-order valence-electron chi connectivity index (χ3n) is 2.77. The third-order valence-corrected chi connectivity index (χ3v) is 3.79. The van der Waals surface area contributed by atoms with Crippen LogP contribution in [0.4, 0.5) is 0 Å². The first kappa shape index (κ1) is 13.5. The molecule has 3 nitrogen and oxygen atoms in total. The van der Waals surface area contributed by atoms with Gasteiger partial charge in [-0.2, -0.15) is 0 Å². The second-order valence-corrected chi connectivity index (χ2v) is 6.11. The summed E-state index contributed by atoms with van der Waals surface area (Å²) in [7, 11) is 0. The van der Waals surface area contributed by atoms with Gasteiger partial charge in [0.15, 0.2) is 0 Å². The quantitative estimate of drug-likeness (QED) is 0.871. The van der Waals surface area contributed by atoms with Crippen LogP contribution in [0.25, 0.3) is 10.2 Å². The largest absolute Gasteiger partial charge is 0.329 e. The van der Waals surface area contributed by atoms with Gasteiger partial charge in [-0.05, 0) is 18.1 Å². The van der Waals surface area contributed by atoms with Crippen molar-refractivity contribution in [3.63, 3.8) is 0 Å². The van der Waals surface area contributed by atoms with Crippen LogP contribution in [-0.2, 0) is 6.54 Å². The van der Waals surface area contributed by atoms with Crippen LogP contribution in [0, 0.1) is 5.92 Å². The van der Waals surface area contributed by atoms with Gasteiger partial charge in [0, 0.05) is 19.6 Å². The Labute approximate surface area is 113 Å². The molecule has 1 aromatic heterocycles. The summed E-state index contributed by atoms with van der Waals surface area (Å²) in [5, 5.41) is 1.19. The van der Waals surface area contributed by atoms with Gasteiger partial charge in [-0.3, -0.25) is 4.90 Å². The van der Waals surface area contributed by atoms with Gasteiger partial charge in [0.2, 0.25) is 0 Å². The molecule has 2 rings (SSSR count). The van der Waals surface area contributed by atoms with Gasteiger partial charge < -0.3 is 5.73 Å². The number of thiazole rings is 1. The van der Waals surface area contributed by atoms with E-state index < -0.39 is 0 Å². The van der Waals surface area contributed by atoms with Crippen LogP contribution >= 0.6 is 11.3 Å². The predicted octanol–water partition coefficient (Wildman–Crippen LogP) is 2.71. The van der Waals surface area contributed by atoms with Gasteiger partial charge in [-0.25, -0.2) is 4.98 Å². The lowest BCUT2D eigenvalue weighted by atomic mass is 10.2. The van der Waals surface area contributed by atoms with Crippen LogP contribution in [0.1, 0.15) is 18.9 Å². The van der Waals surface area contributed by atoms with Gasteiger partial charge in [0.05, 0.1) is 16.8 Å². The average Bonchev–Trinajstić information content (AvgIpc) is 2.70. The highest BCUT2D eigenvalue weighted by molar-refractivity contribution is 7.18. The molecule has 0 radical (unpaired) electrons. The predicted molar refractivity (Wildman–Crippen MR) is 78.8 cm³/mol. The molecule has 0 spiro atoms. The Hall–Kier alpha value is -0.970. The molecule has 1 heterocycles. The highest BCUT2D eigenvalue weighted by Gasteiger charge is 2.10. The van der Waals surface area contributed by atoms with Gasteiger partial charge in [0.1, 0.15) is 5.01 Å². The van der Waals surface area contributed by atoms with Crippen molar-refractivity contribution in [2.75, 3.05) is 19.6 Å². The fourth-order valence-corrected chi connectivity index (χ4v) is 3.12.